The Bertz CT molecular complexity index is 506. The number of rotatable bonds is 4. The predicted octanol–water partition coefficient (Wildman–Crippen LogP) is 4.18. The largest absolute Gasteiger partial charge is 0.276 e. The predicted molar refractivity (Wildman–Crippen MR) is 84.0 cm³/mol. The summed E-state index contributed by atoms with van der Waals surface area (Å²) in [4.78, 5) is 0. The number of benzene rings is 2. The van der Waals surface area contributed by atoms with Gasteiger partial charge in [0.2, 0.25) is 0 Å². The zero-order valence-electron chi connectivity index (χ0n) is 11.6. The van der Waals surface area contributed by atoms with Crippen LogP contribution in [0.4, 0.5) is 0 Å². The second-order valence-corrected chi connectivity index (χ2v) is 6.51. The average molecular weight is 259 g/mol. The molecule has 0 saturated carbocycles. The van der Waals surface area contributed by atoms with Crippen molar-refractivity contribution in [2.75, 3.05) is 0 Å². The van der Waals surface area contributed by atoms with E-state index in [0.717, 1.165) is 8.73 Å². The van der Waals surface area contributed by atoms with Crippen LogP contribution in [0.1, 0.15) is 27.7 Å². The molecule has 1 atom stereocenters. The van der Waals surface area contributed by atoms with E-state index in [1.54, 1.807) is 0 Å². The maximum absolute atomic E-state index is 2.56. The fraction of sp³-hybridized carbons (Fsp3) is 0.375. The summed E-state index contributed by atoms with van der Waals surface area (Å²) in [5.41, 5.74) is 0. The molecule has 0 heterocycles. The molecule has 1 unspecified atom stereocenters. The first kappa shape index (κ1) is 13.5. The Hall–Kier alpha value is -0.910. The second kappa shape index (κ2) is 5.82. The summed E-state index contributed by atoms with van der Waals surface area (Å²) >= 11 is 0. The fourth-order valence-electron chi connectivity index (χ4n) is 2.32. The molecule has 2 aromatic rings. The quantitative estimate of drug-likeness (QED) is 0.745. The summed E-state index contributed by atoms with van der Waals surface area (Å²) in [5, 5.41) is 4.19. The van der Waals surface area contributed by atoms with Crippen molar-refractivity contribution in [3.63, 3.8) is 0 Å². The van der Waals surface area contributed by atoms with Gasteiger partial charge in [-0.25, -0.2) is 0 Å². The van der Waals surface area contributed by atoms with Crippen molar-refractivity contribution in [1.82, 2.24) is 4.67 Å². The molecule has 0 aliphatic heterocycles. The van der Waals surface area contributed by atoms with Gasteiger partial charge in [-0.3, -0.25) is 4.67 Å². The van der Waals surface area contributed by atoms with Crippen molar-refractivity contribution in [2.45, 2.75) is 39.8 Å². The molecule has 0 aliphatic carbocycles. The first-order chi connectivity index (χ1) is 8.59. The van der Waals surface area contributed by atoms with Gasteiger partial charge in [-0.05, 0) is 52.5 Å². The molecular weight excluding hydrogens is 237 g/mol. The van der Waals surface area contributed by atoms with Crippen molar-refractivity contribution in [2.24, 2.45) is 0 Å². The van der Waals surface area contributed by atoms with Crippen molar-refractivity contribution >= 4 is 24.8 Å². The number of hydrogen-bond donors (Lipinski definition) is 0. The van der Waals surface area contributed by atoms with Crippen LogP contribution in [0.15, 0.2) is 42.5 Å². The average Bonchev–Trinajstić information content (AvgIpc) is 2.35. The van der Waals surface area contributed by atoms with E-state index in [4.69, 9.17) is 0 Å². The van der Waals surface area contributed by atoms with Crippen LogP contribution in [0.3, 0.4) is 0 Å². The monoisotopic (exact) mass is 259 g/mol. The third-order valence-electron chi connectivity index (χ3n) is 3.15. The lowest BCUT2D eigenvalue weighted by Gasteiger charge is -2.30. The minimum Gasteiger partial charge on any atom is -0.276 e. The third kappa shape index (κ3) is 2.91. The van der Waals surface area contributed by atoms with Crippen molar-refractivity contribution in [1.29, 1.82) is 0 Å². The van der Waals surface area contributed by atoms with Crippen LogP contribution in [-0.2, 0) is 0 Å². The van der Waals surface area contributed by atoms with Crippen molar-refractivity contribution in [3.8, 4) is 0 Å². The summed E-state index contributed by atoms with van der Waals surface area (Å²) in [6, 6.07) is 16.5. The molecule has 1 nitrogen and oxygen atoms in total. The van der Waals surface area contributed by atoms with E-state index in [2.05, 4.69) is 74.8 Å². The summed E-state index contributed by atoms with van der Waals surface area (Å²) < 4.78 is 2.56. The Kier molecular flexibility index (Phi) is 4.37. The third-order valence-corrected chi connectivity index (χ3v) is 5.12. The molecule has 0 aliphatic rings. The smallest absolute Gasteiger partial charge is 0.00809 e. The lowest BCUT2D eigenvalue weighted by atomic mass is 10.1. The van der Waals surface area contributed by atoms with E-state index >= 15 is 0 Å². The zero-order chi connectivity index (χ0) is 13.1. The molecule has 0 N–H and O–H groups in total. The van der Waals surface area contributed by atoms with E-state index < -0.39 is 0 Å². The SMILES string of the molecule is CC(C)N(Pc1cccc2ccccc12)C(C)C. The van der Waals surface area contributed by atoms with Crippen LogP contribution >= 0.6 is 8.73 Å². The molecule has 0 spiro atoms. The highest BCUT2D eigenvalue weighted by Crippen LogP contribution is 2.27. The van der Waals surface area contributed by atoms with Gasteiger partial charge >= 0.3 is 0 Å². The van der Waals surface area contributed by atoms with E-state index in [1.165, 1.54) is 16.1 Å². The van der Waals surface area contributed by atoms with Crippen LogP contribution in [0.25, 0.3) is 10.8 Å². The molecule has 2 rings (SSSR count). The van der Waals surface area contributed by atoms with E-state index in [0.29, 0.717) is 12.1 Å². The number of fused-ring (bicyclic) bond motifs is 1. The van der Waals surface area contributed by atoms with Gasteiger partial charge in [0.05, 0.1) is 0 Å². The van der Waals surface area contributed by atoms with Gasteiger partial charge in [0, 0.05) is 12.1 Å². The topological polar surface area (TPSA) is 3.24 Å². The minimum atomic E-state index is 0.585. The van der Waals surface area contributed by atoms with E-state index in [9.17, 15) is 0 Å². The highest BCUT2D eigenvalue weighted by molar-refractivity contribution is 7.45. The maximum Gasteiger partial charge on any atom is 0.00809 e. The normalized spacial score (nSPS) is 12.6. The summed E-state index contributed by atoms with van der Waals surface area (Å²) in [6.45, 7) is 9.10. The Labute approximate surface area is 112 Å². The molecule has 2 heteroatoms. The fourth-order valence-corrected chi connectivity index (χ4v) is 3.63. The molecule has 0 amide bonds. The Morgan fingerprint density at radius 2 is 1.44 bits per heavy atom. The Morgan fingerprint density at radius 3 is 2.11 bits per heavy atom. The highest BCUT2D eigenvalue weighted by atomic mass is 31.1. The molecule has 0 aromatic heterocycles. The molecule has 0 radical (unpaired) electrons. The van der Waals surface area contributed by atoms with Gasteiger partial charge in [0.1, 0.15) is 0 Å². The van der Waals surface area contributed by atoms with E-state index in [1.807, 2.05) is 0 Å². The van der Waals surface area contributed by atoms with E-state index in [-0.39, 0.29) is 0 Å². The number of hydrogen-bond acceptors (Lipinski definition) is 1. The van der Waals surface area contributed by atoms with Gasteiger partial charge < -0.3 is 0 Å². The van der Waals surface area contributed by atoms with Crippen LogP contribution in [0.5, 0.6) is 0 Å². The lowest BCUT2D eigenvalue weighted by Crippen LogP contribution is -2.31. The maximum atomic E-state index is 2.56. The molecule has 0 bridgehead atoms. The summed E-state index contributed by atoms with van der Waals surface area (Å²) in [6.07, 6.45) is 0. The van der Waals surface area contributed by atoms with Crippen LogP contribution in [0, 0.1) is 0 Å². The first-order valence-corrected chi connectivity index (χ1v) is 7.57. The lowest BCUT2D eigenvalue weighted by molar-refractivity contribution is 0.331. The summed E-state index contributed by atoms with van der Waals surface area (Å²) in [5.74, 6) is 0. The van der Waals surface area contributed by atoms with Gasteiger partial charge in [-0.15, -0.1) is 0 Å². The van der Waals surface area contributed by atoms with Crippen LogP contribution < -0.4 is 5.30 Å². The van der Waals surface area contributed by atoms with Crippen molar-refractivity contribution < 1.29 is 0 Å². The molecule has 2 aromatic carbocycles. The van der Waals surface area contributed by atoms with Crippen LogP contribution in [0.2, 0.25) is 0 Å². The molecule has 0 saturated heterocycles. The summed E-state index contributed by atoms with van der Waals surface area (Å²) in [7, 11) is 0.743. The minimum absolute atomic E-state index is 0.585. The van der Waals surface area contributed by atoms with Gasteiger partial charge in [-0.1, -0.05) is 42.5 Å². The van der Waals surface area contributed by atoms with Gasteiger partial charge in [-0.2, -0.15) is 0 Å². The van der Waals surface area contributed by atoms with Crippen LogP contribution in [-0.4, -0.2) is 16.8 Å². The van der Waals surface area contributed by atoms with Gasteiger partial charge in [0.25, 0.3) is 0 Å². The Balaban J connectivity index is 2.36. The highest BCUT2D eigenvalue weighted by Gasteiger charge is 2.14. The van der Waals surface area contributed by atoms with Crippen molar-refractivity contribution in [3.05, 3.63) is 42.5 Å². The molecule has 96 valence electrons. The molecular formula is C16H22NP. The zero-order valence-corrected chi connectivity index (χ0v) is 12.6. The Morgan fingerprint density at radius 1 is 0.833 bits per heavy atom. The second-order valence-electron chi connectivity index (χ2n) is 5.23. The van der Waals surface area contributed by atoms with Gasteiger partial charge in [0.15, 0.2) is 0 Å². The number of nitrogens with zero attached hydrogens (tertiary/aromatic N) is 1. The standard InChI is InChI=1S/C16H22NP/c1-12(2)17(13(3)4)18-16-11-7-9-14-8-5-6-10-15(14)16/h5-13,18H,1-4H3. The first-order valence-electron chi connectivity index (χ1n) is 6.62. The molecule has 0 fully saturated rings. The molecule has 18 heavy (non-hydrogen) atoms.